The highest BCUT2D eigenvalue weighted by atomic mass is 32.2. The van der Waals surface area contributed by atoms with Crippen LogP contribution >= 0.6 is 0 Å². The zero-order valence-electron chi connectivity index (χ0n) is 10.4. The third kappa shape index (κ3) is 2.80. The molecular formula is C12H11NO6S. The molecule has 1 aromatic carbocycles. The van der Waals surface area contributed by atoms with Gasteiger partial charge in [0, 0.05) is 0 Å². The van der Waals surface area contributed by atoms with E-state index in [9.17, 15) is 13.2 Å². The molecule has 0 unspecified atom stereocenters. The Balaban J connectivity index is 2.15. The van der Waals surface area contributed by atoms with Crippen LogP contribution in [-0.4, -0.2) is 38.9 Å². The number of sulfonamides is 1. The van der Waals surface area contributed by atoms with Crippen LogP contribution < -0.4 is 9.47 Å². The number of aliphatic carboxylic acids is 1. The monoisotopic (exact) mass is 297 g/mol. The first-order valence-corrected chi connectivity index (χ1v) is 6.92. The number of hydrogen-bond donors (Lipinski definition) is 1. The van der Waals surface area contributed by atoms with Gasteiger partial charge >= 0.3 is 5.97 Å². The minimum Gasteiger partial charge on any atom is -0.493 e. The van der Waals surface area contributed by atoms with Crippen molar-refractivity contribution in [1.29, 1.82) is 0 Å². The fraction of sp³-hybridized carbons (Fsp3) is 0.167. The van der Waals surface area contributed by atoms with Gasteiger partial charge in [-0.2, -0.15) is 12.8 Å². The van der Waals surface area contributed by atoms with Crippen LogP contribution in [0.25, 0.3) is 0 Å². The first-order valence-electron chi connectivity index (χ1n) is 5.48. The lowest BCUT2D eigenvalue weighted by Gasteiger charge is -2.08. The standard InChI is InChI=1S/C12H11NO6S/c1-18-9-4-2-3-5-10(9)19-7-8-6-11(12(14)15)20(16,17)13-8/h2-6H,7H2,1H3,(H,14,15). The van der Waals surface area contributed by atoms with Crippen LogP contribution in [0.1, 0.15) is 0 Å². The summed E-state index contributed by atoms with van der Waals surface area (Å²) in [4.78, 5) is 10.0. The molecule has 0 atom stereocenters. The molecule has 20 heavy (non-hydrogen) atoms. The zero-order chi connectivity index (χ0) is 14.8. The predicted molar refractivity (Wildman–Crippen MR) is 70.6 cm³/mol. The van der Waals surface area contributed by atoms with E-state index in [1.54, 1.807) is 24.3 Å². The van der Waals surface area contributed by atoms with E-state index in [1.165, 1.54) is 7.11 Å². The molecule has 106 valence electrons. The van der Waals surface area contributed by atoms with E-state index in [2.05, 4.69) is 4.40 Å². The maximum Gasteiger partial charge on any atom is 0.349 e. The summed E-state index contributed by atoms with van der Waals surface area (Å²) in [6.45, 7) is -0.170. The second-order valence-corrected chi connectivity index (χ2v) is 5.38. The minimum atomic E-state index is -4.12. The molecule has 1 aliphatic heterocycles. The van der Waals surface area contributed by atoms with Gasteiger partial charge in [0.1, 0.15) is 6.61 Å². The van der Waals surface area contributed by atoms with Crippen molar-refractivity contribution in [3.8, 4) is 11.5 Å². The lowest BCUT2D eigenvalue weighted by Crippen LogP contribution is -2.08. The van der Waals surface area contributed by atoms with E-state index in [0.717, 1.165) is 6.08 Å². The lowest BCUT2D eigenvalue weighted by molar-refractivity contribution is -0.131. The van der Waals surface area contributed by atoms with Crippen LogP contribution in [0.5, 0.6) is 11.5 Å². The molecule has 7 nitrogen and oxygen atoms in total. The summed E-state index contributed by atoms with van der Waals surface area (Å²) in [6.07, 6.45) is 0.979. The third-order valence-corrected chi connectivity index (χ3v) is 3.79. The van der Waals surface area contributed by atoms with Crippen molar-refractivity contribution in [2.45, 2.75) is 0 Å². The number of nitrogens with zero attached hydrogens (tertiary/aromatic N) is 1. The number of carbonyl (C=O) groups is 1. The molecule has 0 amide bonds. The average molecular weight is 297 g/mol. The second-order valence-electron chi connectivity index (χ2n) is 3.81. The van der Waals surface area contributed by atoms with Gasteiger partial charge in [0.2, 0.25) is 0 Å². The van der Waals surface area contributed by atoms with Gasteiger partial charge in [-0.15, -0.1) is 0 Å². The van der Waals surface area contributed by atoms with Crippen LogP contribution in [0.2, 0.25) is 0 Å². The Labute approximate surface area is 115 Å². The quantitative estimate of drug-likeness (QED) is 0.863. The molecule has 2 rings (SSSR count). The molecular weight excluding hydrogens is 286 g/mol. The van der Waals surface area contributed by atoms with E-state index >= 15 is 0 Å². The topological polar surface area (TPSA) is 102 Å². The Morgan fingerprint density at radius 2 is 1.95 bits per heavy atom. The number of methoxy groups -OCH3 is 1. The van der Waals surface area contributed by atoms with E-state index in [0.29, 0.717) is 11.5 Å². The predicted octanol–water partition coefficient (Wildman–Crippen LogP) is 0.827. The van der Waals surface area contributed by atoms with Crippen molar-refractivity contribution in [2.24, 2.45) is 4.40 Å². The number of para-hydroxylation sites is 2. The van der Waals surface area contributed by atoms with Gasteiger partial charge in [-0.05, 0) is 18.2 Å². The van der Waals surface area contributed by atoms with Crippen LogP contribution in [0.15, 0.2) is 39.6 Å². The van der Waals surface area contributed by atoms with Crippen LogP contribution in [0, 0.1) is 0 Å². The van der Waals surface area contributed by atoms with Crippen LogP contribution in [-0.2, 0) is 14.8 Å². The molecule has 1 N–H and O–H groups in total. The van der Waals surface area contributed by atoms with E-state index < -0.39 is 20.9 Å². The Bertz CT molecular complexity index is 704. The SMILES string of the molecule is COc1ccccc1OCC1=NS(=O)(=O)C(C(=O)O)=C1. The molecule has 1 aliphatic rings. The summed E-state index contributed by atoms with van der Waals surface area (Å²) in [5, 5.41) is 8.75. The molecule has 1 aromatic rings. The lowest BCUT2D eigenvalue weighted by atomic mass is 10.3. The fourth-order valence-corrected chi connectivity index (χ4v) is 2.60. The Hall–Kier alpha value is -2.35. The van der Waals surface area contributed by atoms with Crippen molar-refractivity contribution in [3.63, 3.8) is 0 Å². The number of carboxylic acids is 1. The first kappa shape index (κ1) is 14.1. The maximum absolute atomic E-state index is 11.4. The van der Waals surface area contributed by atoms with Gasteiger partial charge in [-0.1, -0.05) is 12.1 Å². The number of benzene rings is 1. The Kier molecular flexibility index (Phi) is 3.75. The highest BCUT2D eigenvalue weighted by Gasteiger charge is 2.30. The van der Waals surface area contributed by atoms with Gasteiger partial charge < -0.3 is 14.6 Å². The number of rotatable bonds is 5. The van der Waals surface area contributed by atoms with Crippen molar-refractivity contribution >= 4 is 21.7 Å². The molecule has 8 heteroatoms. The molecule has 0 saturated carbocycles. The van der Waals surface area contributed by atoms with Gasteiger partial charge in [-0.25, -0.2) is 4.79 Å². The molecule has 0 fully saturated rings. The molecule has 0 aromatic heterocycles. The summed E-state index contributed by atoms with van der Waals surface area (Å²) in [5.74, 6) is -0.648. The molecule has 0 bridgehead atoms. The number of carboxylic acid groups (broad SMARTS) is 1. The van der Waals surface area contributed by atoms with E-state index in [1.807, 2.05) is 0 Å². The summed E-state index contributed by atoms with van der Waals surface area (Å²) in [5.41, 5.74) is 0.0216. The minimum absolute atomic E-state index is 0.0216. The number of ether oxygens (including phenoxy) is 2. The van der Waals surface area contributed by atoms with Crippen molar-refractivity contribution in [1.82, 2.24) is 0 Å². The van der Waals surface area contributed by atoms with Gasteiger partial charge in [-0.3, -0.25) is 0 Å². The first-order chi connectivity index (χ1) is 9.44. The molecule has 1 heterocycles. The number of hydrogen-bond acceptors (Lipinski definition) is 5. The average Bonchev–Trinajstić information content (AvgIpc) is 2.72. The summed E-state index contributed by atoms with van der Waals surface area (Å²) in [7, 11) is -2.64. The molecule has 0 radical (unpaired) electrons. The van der Waals surface area contributed by atoms with E-state index in [-0.39, 0.29) is 12.3 Å². The summed E-state index contributed by atoms with van der Waals surface area (Å²) < 4.78 is 36.6. The summed E-state index contributed by atoms with van der Waals surface area (Å²) in [6, 6.07) is 6.81. The third-order valence-electron chi connectivity index (χ3n) is 2.47. The normalized spacial score (nSPS) is 16.2. The Morgan fingerprint density at radius 3 is 2.50 bits per heavy atom. The highest BCUT2D eigenvalue weighted by molar-refractivity contribution is 7.95. The second kappa shape index (κ2) is 5.33. The highest BCUT2D eigenvalue weighted by Crippen LogP contribution is 2.26. The van der Waals surface area contributed by atoms with E-state index in [4.69, 9.17) is 14.6 Å². The van der Waals surface area contributed by atoms with Gasteiger partial charge in [0.15, 0.2) is 16.4 Å². The fourth-order valence-electron chi connectivity index (χ4n) is 1.59. The van der Waals surface area contributed by atoms with Gasteiger partial charge in [0.05, 0.1) is 12.8 Å². The molecule has 0 aliphatic carbocycles. The molecule has 0 saturated heterocycles. The van der Waals surface area contributed by atoms with Crippen LogP contribution in [0.4, 0.5) is 0 Å². The smallest absolute Gasteiger partial charge is 0.349 e. The van der Waals surface area contributed by atoms with Crippen molar-refractivity contribution < 1.29 is 27.8 Å². The van der Waals surface area contributed by atoms with Gasteiger partial charge in [0.25, 0.3) is 10.0 Å². The summed E-state index contributed by atoms with van der Waals surface area (Å²) >= 11 is 0. The molecule has 0 spiro atoms. The zero-order valence-corrected chi connectivity index (χ0v) is 11.3. The largest absolute Gasteiger partial charge is 0.493 e. The van der Waals surface area contributed by atoms with Crippen molar-refractivity contribution in [2.75, 3.05) is 13.7 Å². The van der Waals surface area contributed by atoms with Crippen molar-refractivity contribution in [3.05, 3.63) is 35.2 Å². The Morgan fingerprint density at radius 1 is 1.30 bits per heavy atom. The maximum atomic E-state index is 11.4. The van der Waals surface area contributed by atoms with Crippen LogP contribution in [0.3, 0.4) is 0 Å².